The molecule has 3 aromatic heterocycles. The van der Waals surface area contributed by atoms with E-state index in [9.17, 15) is 44.7 Å². The molecule has 18 nitrogen and oxygen atoms in total. The second-order valence-corrected chi connectivity index (χ2v) is 8.85. The zero-order valence-corrected chi connectivity index (χ0v) is 20.8. The minimum atomic E-state index is -0.553. The molecule has 0 atom stereocenters. The van der Waals surface area contributed by atoms with Crippen LogP contribution in [0.15, 0.2) is 18.6 Å². The number of anilines is 3. The number of thiazole rings is 3. The van der Waals surface area contributed by atoms with Crippen LogP contribution < -0.4 is 16.0 Å². The standard InChI is InChI=1S/3C5H5N3O3S/c3*1-3(9)7-5-6-2-4(12-5)8(10)11/h3*2H,1H3,(H,6,7,9). The third-order valence-corrected chi connectivity index (χ3v) is 5.46. The molecule has 0 aliphatic rings. The lowest BCUT2D eigenvalue weighted by Crippen LogP contribution is -2.04. The van der Waals surface area contributed by atoms with Crippen molar-refractivity contribution in [2.75, 3.05) is 16.0 Å². The Morgan fingerprint density at radius 3 is 0.972 bits per heavy atom. The lowest BCUT2D eigenvalue weighted by molar-refractivity contribution is -0.380. The smallest absolute Gasteiger partial charge is 0.302 e. The van der Waals surface area contributed by atoms with Crippen LogP contribution in [-0.4, -0.2) is 47.4 Å². The van der Waals surface area contributed by atoms with E-state index in [0.717, 1.165) is 52.6 Å². The maximum absolute atomic E-state index is 10.5. The Labute approximate surface area is 211 Å². The molecule has 0 aliphatic heterocycles. The maximum Gasteiger partial charge on any atom is 0.345 e. The Kier molecular flexibility index (Phi) is 11.5. The molecule has 0 radical (unpaired) electrons. The molecule has 3 N–H and O–H groups in total. The third kappa shape index (κ3) is 11.1. The lowest BCUT2D eigenvalue weighted by Gasteiger charge is -1.90. The minimum Gasteiger partial charge on any atom is -0.302 e. The van der Waals surface area contributed by atoms with Crippen LogP contribution >= 0.6 is 34.0 Å². The number of rotatable bonds is 6. The van der Waals surface area contributed by atoms with E-state index < -0.39 is 14.8 Å². The fourth-order valence-corrected chi connectivity index (χ4v) is 3.71. The van der Waals surface area contributed by atoms with Gasteiger partial charge in [0.25, 0.3) is 0 Å². The fourth-order valence-electron chi connectivity index (χ4n) is 1.68. The fraction of sp³-hybridized carbons (Fsp3) is 0.200. The number of nitro groups is 3. The summed E-state index contributed by atoms with van der Waals surface area (Å²) in [6, 6.07) is 0. The van der Waals surface area contributed by atoms with Gasteiger partial charge in [-0.3, -0.25) is 44.7 Å². The van der Waals surface area contributed by atoms with Gasteiger partial charge in [-0.15, -0.1) is 0 Å². The van der Waals surface area contributed by atoms with Crippen molar-refractivity contribution in [1.82, 2.24) is 15.0 Å². The van der Waals surface area contributed by atoms with Gasteiger partial charge in [-0.2, -0.15) is 0 Å². The normalized spacial score (nSPS) is 9.42. The number of nitrogens with one attached hydrogen (secondary N) is 3. The van der Waals surface area contributed by atoms with Crippen LogP contribution in [0.25, 0.3) is 0 Å². The lowest BCUT2D eigenvalue weighted by atomic mass is 10.7. The van der Waals surface area contributed by atoms with Crippen LogP contribution in [0, 0.1) is 30.3 Å². The summed E-state index contributed by atoms with van der Waals surface area (Å²) in [5.41, 5.74) is 0. The van der Waals surface area contributed by atoms with Crippen LogP contribution in [0.1, 0.15) is 20.8 Å². The van der Waals surface area contributed by atoms with E-state index in [1.807, 2.05) is 0 Å². The van der Waals surface area contributed by atoms with Crippen molar-refractivity contribution in [3.63, 3.8) is 0 Å². The number of carbonyl (C=O) groups excluding carboxylic acids is 3. The highest BCUT2D eigenvalue weighted by Crippen LogP contribution is 2.26. The van der Waals surface area contributed by atoms with Gasteiger partial charge >= 0.3 is 15.0 Å². The Bertz CT molecular complexity index is 1120. The van der Waals surface area contributed by atoms with Crippen molar-refractivity contribution in [3.8, 4) is 0 Å². The van der Waals surface area contributed by atoms with Gasteiger partial charge < -0.3 is 16.0 Å². The molecule has 0 aliphatic carbocycles. The molecule has 3 heterocycles. The van der Waals surface area contributed by atoms with Gasteiger partial charge in [-0.25, -0.2) is 15.0 Å². The number of carbonyl (C=O) groups is 3. The van der Waals surface area contributed by atoms with Crippen molar-refractivity contribution in [3.05, 3.63) is 48.9 Å². The van der Waals surface area contributed by atoms with Crippen LogP contribution in [-0.2, 0) is 14.4 Å². The second-order valence-electron chi connectivity index (χ2n) is 5.83. The van der Waals surface area contributed by atoms with Crippen molar-refractivity contribution >= 4 is 82.1 Å². The van der Waals surface area contributed by atoms with Crippen molar-refractivity contribution < 1.29 is 29.2 Å². The first-order valence-corrected chi connectivity index (χ1v) is 11.4. The number of hydrogen-bond donors (Lipinski definition) is 3. The summed E-state index contributed by atoms with van der Waals surface area (Å²) in [7, 11) is 0. The van der Waals surface area contributed by atoms with Crippen molar-refractivity contribution in [2.24, 2.45) is 0 Å². The van der Waals surface area contributed by atoms with E-state index in [-0.39, 0.29) is 48.1 Å². The molecular formula is C15H15N9O9S3. The Morgan fingerprint density at radius 1 is 0.611 bits per heavy atom. The van der Waals surface area contributed by atoms with E-state index in [1.54, 1.807) is 0 Å². The Morgan fingerprint density at radius 2 is 0.833 bits per heavy atom. The molecule has 3 aromatic rings. The van der Waals surface area contributed by atoms with Gasteiger partial charge in [-0.05, 0) is 34.0 Å². The first-order valence-electron chi connectivity index (χ1n) is 8.91. The van der Waals surface area contributed by atoms with E-state index >= 15 is 0 Å². The highest BCUT2D eigenvalue weighted by molar-refractivity contribution is 7.19. The third-order valence-electron chi connectivity index (χ3n) is 2.87. The van der Waals surface area contributed by atoms with Gasteiger partial charge in [-0.1, -0.05) is 0 Å². The second kappa shape index (κ2) is 14.0. The highest BCUT2D eigenvalue weighted by atomic mass is 32.1. The predicted molar refractivity (Wildman–Crippen MR) is 129 cm³/mol. The highest BCUT2D eigenvalue weighted by Gasteiger charge is 2.13. The summed E-state index contributed by atoms with van der Waals surface area (Å²) in [5.74, 6) is -0.877. The monoisotopic (exact) mass is 561 g/mol. The van der Waals surface area contributed by atoms with E-state index in [4.69, 9.17) is 0 Å². The van der Waals surface area contributed by atoms with Crippen LogP contribution in [0.4, 0.5) is 30.4 Å². The average molecular weight is 562 g/mol. The molecule has 21 heteroatoms. The average Bonchev–Trinajstić information content (AvgIpc) is 3.49. The molecular weight excluding hydrogens is 546 g/mol. The van der Waals surface area contributed by atoms with Crippen molar-refractivity contribution in [2.45, 2.75) is 20.8 Å². The molecule has 0 bridgehead atoms. The number of aromatic nitrogens is 3. The van der Waals surface area contributed by atoms with Gasteiger partial charge in [0.05, 0.1) is 14.8 Å². The molecule has 36 heavy (non-hydrogen) atoms. The molecule has 0 fully saturated rings. The van der Waals surface area contributed by atoms with E-state index in [2.05, 4.69) is 30.9 Å². The molecule has 3 rings (SSSR count). The van der Waals surface area contributed by atoms with Crippen LogP contribution in [0.2, 0.25) is 0 Å². The molecule has 0 aromatic carbocycles. The van der Waals surface area contributed by atoms with Gasteiger partial charge in [0, 0.05) is 20.8 Å². The van der Waals surface area contributed by atoms with E-state index in [1.165, 1.54) is 20.8 Å². The maximum atomic E-state index is 10.5. The molecule has 192 valence electrons. The summed E-state index contributed by atoms with van der Waals surface area (Å²) in [5, 5.41) is 38.0. The van der Waals surface area contributed by atoms with Crippen LogP contribution in [0.5, 0.6) is 0 Å². The predicted octanol–water partition coefficient (Wildman–Crippen LogP) is 3.03. The molecule has 0 spiro atoms. The Balaban J connectivity index is 0.000000270. The van der Waals surface area contributed by atoms with Crippen molar-refractivity contribution in [1.29, 1.82) is 0 Å². The topological polar surface area (TPSA) is 255 Å². The SMILES string of the molecule is CC(=O)Nc1ncc([N+](=O)[O-])s1.CC(=O)Nc1ncc([N+](=O)[O-])s1.CC(=O)Nc1ncc([N+](=O)[O-])s1. The molecule has 0 unspecified atom stereocenters. The summed E-state index contributed by atoms with van der Waals surface area (Å²) >= 11 is 2.48. The quantitative estimate of drug-likeness (QED) is 0.290. The first-order chi connectivity index (χ1) is 16.8. The number of amides is 3. The summed E-state index contributed by atoms with van der Waals surface area (Å²) in [6.07, 6.45) is 3.32. The summed E-state index contributed by atoms with van der Waals surface area (Å²) in [4.78, 5) is 71.1. The van der Waals surface area contributed by atoms with Gasteiger partial charge in [0.15, 0.2) is 15.4 Å². The number of hydrogen-bond acceptors (Lipinski definition) is 15. The summed E-state index contributed by atoms with van der Waals surface area (Å²) in [6.45, 7) is 3.94. The zero-order valence-electron chi connectivity index (χ0n) is 18.3. The Hall–Kier alpha value is -4.50. The first kappa shape index (κ1) is 29.5. The molecule has 0 saturated heterocycles. The van der Waals surface area contributed by atoms with Gasteiger partial charge in [0.2, 0.25) is 17.7 Å². The van der Waals surface area contributed by atoms with Crippen LogP contribution in [0.3, 0.4) is 0 Å². The largest absolute Gasteiger partial charge is 0.345 e. The van der Waals surface area contributed by atoms with E-state index in [0.29, 0.717) is 0 Å². The molecule has 3 amide bonds. The van der Waals surface area contributed by atoms with Gasteiger partial charge in [0.1, 0.15) is 18.6 Å². The minimum absolute atomic E-state index is 0.0845. The summed E-state index contributed by atoms with van der Waals surface area (Å²) < 4.78 is 0. The zero-order chi connectivity index (χ0) is 27.4. The molecule has 0 saturated carbocycles. The number of nitrogens with zero attached hydrogens (tertiary/aromatic N) is 6.